The van der Waals surface area contributed by atoms with Gasteiger partial charge < -0.3 is 15.2 Å². The van der Waals surface area contributed by atoms with Crippen LogP contribution < -0.4 is 10.5 Å². The minimum atomic E-state index is -3.15. The molecule has 0 heterocycles. The molecule has 0 atom stereocenters. The first-order valence-electron chi connectivity index (χ1n) is 5.25. The predicted molar refractivity (Wildman–Crippen MR) is 64.9 cm³/mol. The molecule has 1 rings (SSSR count). The molecule has 0 radical (unpaired) electrons. The lowest BCUT2D eigenvalue weighted by Gasteiger charge is -2.07. The van der Waals surface area contributed by atoms with Crippen LogP contribution in [-0.4, -0.2) is 41.0 Å². The molecule has 0 aliphatic carbocycles. The lowest BCUT2D eigenvalue weighted by molar-refractivity contribution is 0.106. The summed E-state index contributed by atoms with van der Waals surface area (Å²) in [4.78, 5) is 0.282. The van der Waals surface area contributed by atoms with Crippen LogP contribution in [0.5, 0.6) is 5.75 Å². The second kappa shape index (κ2) is 6.58. The number of rotatable bonds is 7. The molecule has 96 valence electrons. The fourth-order valence-corrected chi connectivity index (χ4v) is 1.82. The third-order valence-corrected chi connectivity index (χ3v) is 3.14. The van der Waals surface area contributed by atoms with E-state index in [0.29, 0.717) is 32.1 Å². The molecule has 0 bridgehead atoms. The van der Waals surface area contributed by atoms with Gasteiger partial charge in [0, 0.05) is 12.8 Å². The van der Waals surface area contributed by atoms with Gasteiger partial charge in [-0.2, -0.15) is 0 Å². The van der Waals surface area contributed by atoms with E-state index in [9.17, 15) is 8.42 Å². The third kappa shape index (κ3) is 5.16. The normalized spacial score (nSPS) is 11.4. The number of hydrogen-bond acceptors (Lipinski definition) is 5. The maximum absolute atomic E-state index is 11.2. The molecule has 0 fully saturated rings. The van der Waals surface area contributed by atoms with Crippen LogP contribution in [0.4, 0.5) is 0 Å². The molecule has 17 heavy (non-hydrogen) atoms. The number of hydrogen-bond donors (Lipinski definition) is 1. The molecule has 0 unspecified atom stereocenters. The van der Waals surface area contributed by atoms with Crippen molar-refractivity contribution >= 4 is 9.84 Å². The summed E-state index contributed by atoms with van der Waals surface area (Å²) in [7, 11) is -3.15. The lowest BCUT2D eigenvalue weighted by Crippen LogP contribution is -2.13. The van der Waals surface area contributed by atoms with Crippen molar-refractivity contribution in [3.63, 3.8) is 0 Å². The van der Waals surface area contributed by atoms with Gasteiger partial charge in [-0.1, -0.05) is 0 Å². The summed E-state index contributed by atoms with van der Waals surface area (Å²) in [5.41, 5.74) is 5.26. The van der Waals surface area contributed by atoms with Gasteiger partial charge in [-0.15, -0.1) is 0 Å². The molecule has 0 saturated carbocycles. The van der Waals surface area contributed by atoms with Crippen LogP contribution in [0.15, 0.2) is 29.2 Å². The predicted octanol–water partition coefficient (Wildman–Crippen LogP) is 0.444. The Morgan fingerprint density at radius 2 is 1.76 bits per heavy atom. The van der Waals surface area contributed by atoms with Gasteiger partial charge >= 0.3 is 0 Å². The molecule has 2 N–H and O–H groups in total. The first kappa shape index (κ1) is 14.0. The lowest BCUT2D eigenvalue weighted by atomic mass is 10.3. The van der Waals surface area contributed by atoms with Crippen LogP contribution in [0.25, 0.3) is 0 Å². The highest BCUT2D eigenvalue weighted by Crippen LogP contribution is 2.15. The number of ether oxygens (including phenoxy) is 2. The van der Waals surface area contributed by atoms with Crippen LogP contribution in [0, 0.1) is 0 Å². The summed E-state index contributed by atoms with van der Waals surface area (Å²) < 4.78 is 32.9. The molecule has 0 aliphatic rings. The van der Waals surface area contributed by atoms with Crippen LogP contribution in [0.2, 0.25) is 0 Å². The highest BCUT2D eigenvalue weighted by molar-refractivity contribution is 7.90. The van der Waals surface area contributed by atoms with Gasteiger partial charge in [-0.05, 0) is 24.3 Å². The topological polar surface area (TPSA) is 78.6 Å². The first-order valence-corrected chi connectivity index (χ1v) is 7.14. The number of nitrogens with two attached hydrogens (primary N) is 1. The number of benzene rings is 1. The summed E-state index contributed by atoms with van der Waals surface area (Å²) in [5, 5.41) is 0. The molecule has 0 amide bonds. The number of sulfone groups is 1. The van der Waals surface area contributed by atoms with E-state index in [2.05, 4.69) is 0 Å². The Hall–Kier alpha value is -1.11. The Morgan fingerprint density at radius 3 is 2.29 bits per heavy atom. The van der Waals surface area contributed by atoms with Crippen LogP contribution >= 0.6 is 0 Å². The van der Waals surface area contributed by atoms with Gasteiger partial charge in [0.15, 0.2) is 9.84 Å². The summed E-state index contributed by atoms with van der Waals surface area (Å²) >= 11 is 0. The molecule has 0 aliphatic heterocycles. The molecular formula is C11H17NO4S. The highest BCUT2D eigenvalue weighted by Gasteiger charge is 2.06. The Labute approximate surface area is 101 Å². The maximum atomic E-state index is 11.2. The van der Waals surface area contributed by atoms with Gasteiger partial charge in [0.1, 0.15) is 12.4 Å². The summed E-state index contributed by atoms with van der Waals surface area (Å²) in [6, 6.07) is 6.29. The van der Waals surface area contributed by atoms with Gasteiger partial charge in [0.25, 0.3) is 0 Å². The van der Waals surface area contributed by atoms with Crippen molar-refractivity contribution in [2.24, 2.45) is 5.73 Å². The zero-order chi connectivity index (χ0) is 12.7. The molecule has 5 nitrogen and oxygen atoms in total. The van der Waals surface area contributed by atoms with E-state index in [1.807, 2.05) is 0 Å². The Bertz CT molecular complexity index is 427. The summed E-state index contributed by atoms with van der Waals surface area (Å²) in [6.45, 7) is 1.88. The van der Waals surface area contributed by atoms with E-state index in [1.54, 1.807) is 12.1 Å². The molecule has 0 spiro atoms. The average Bonchev–Trinajstić information content (AvgIpc) is 2.28. The first-order chi connectivity index (χ1) is 8.04. The van der Waals surface area contributed by atoms with Crippen molar-refractivity contribution < 1.29 is 17.9 Å². The van der Waals surface area contributed by atoms with Gasteiger partial charge in [0.2, 0.25) is 0 Å². The van der Waals surface area contributed by atoms with Crippen molar-refractivity contribution in [1.82, 2.24) is 0 Å². The standard InChI is InChI=1S/C11H17NO4S/c1-17(13,14)11-4-2-10(3-5-11)16-9-8-15-7-6-12/h2-5H,6-9,12H2,1H3. The zero-order valence-corrected chi connectivity index (χ0v) is 10.6. The van der Waals surface area contributed by atoms with Crippen molar-refractivity contribution in [2.45, 2.75) is 4.90 Å². The van der Waals surface area contributed by atoms with Crippen molar-refractivity contribution in [3.05, 3.63) is 24.3 Å². The Kier molecular flexibility index (Phi) is 5.40. The zero-order valence-electron chi connectivity index (χ0n) is 9.76. The highest BCUT2D eigenvalue weighted by atomic mass is 32.2. The summed E-state index contributed by atoms with van der Waals surface area (Å²) in [6.07, 6.45) is 1.17. The quantitative estimate of drug-likeness (QED) is 0.719. The molecular weight excluding hydrogens is 242 g/mol. The van der Waals surface area contributed by atoms with E-state index in [0.717, 1.165) is 0 Å². The third-order valence-electron chi connectivity index (χ3n) is 2.01. The minimum absolute atomic E-state index is 0.282. The smallest absolute Gasteiger partial charge is 0.175 e. The Balaban J connectivity index is 2.41. The van der Waals surface area contributed by atoms with Crippen molar-refractivity contribution in [3.8, 4) is 5.75 Å². The molecule has 0 saturated heterocycles. The molecule has 1 aromatic rings. The van der Waals surface area contributed by atoms with E-state index >= 15 is 0 Å². The molecule has 0 aromatic heterocycles. The largest absolute Gasteiger partial charge is 0.491 e. The van der Waals surface area contributed by atoms with Gasteiger partial charge in [-0.25, -0.2) is 8.42 Å². The van der Waals surface area contributed by atoms with E-state index in [1.165, 1.54) is 18.4 Å². The maximum Gasteiger partial charge on any atom is 0.175 e. The fourth-order valence-electron chi connectivity index (χ4n) is 1.19. The van der Waals surface area contributed by atoms with Crippen LogP contribution in [-0.2, 0) is 14.6 Å². The van der Waals surface area contributed by atoms with Crippen molar-refractivity contribution in [2.75, 3.05) is 32.6 Å². The molecule has 1 aromatic carbocycles. The summed E-state index contributed by atoms with van der Waals surface area (Å²) in [5.74, 6) is 0.619. The molecule has 6 heteroatoms. The minimum Gasteiger partial charge on any atom is -0.491 e. The average molecular weight is 259 g/mol. The van der Waals surface area contributed by atoms with Crippen LogP contribution in [0.1, 0.15) is 0 Å². The van der Waals surface area contributed by atoms with Crippen LogP contribution in [0.3, 0.4) is 0 Å². The fraction of sp³-hybridized carbons (Fsp3) is 0.455. The SMILES string of the molecule is CS(=O)(=O)c1ccc(OCCOCCN)cc1. The Morgan fingerprint density at radius 1 is 1.12 bits per heavy atom. The van der Waals surface area contributed by atoms with Gasteiger partial charge in [0.05, 0.1) is 18.1 Å². The second-order valence-electron chi connectivity index (χ2n) is 3.49. The van der Waals surface area contributed by atoms with E-state index < -0.39 is 9.84 Å². The van der Waals surface area contributed by atoms with Gasteiger partial charge in [-0.3, -0.25) is 0 Å². The van der Waals surface area contributed by atoms with E-state index in [4.69, 9.17) is 15.2 Å². The monoisotopic (exact) mass is 259 g/mol. The van der Waals surface area contributed by atoms with E-state index in [-0.39, 0.29) is 4.90 Å². The van der Waals surface area contributed by atoms with Crippen molar-refractivity contribution in [1.29, 1.82) is 0 Å². The second-order valence-corrected chi connectivity index (χ2v) is 5.51.